The molecule has 0 aliphatic carbocycles. The van der Waals surface area contributed by atoms with Gasteiger partial charge in [0.25, 0.3) is 5.91 Å². The molecule has 2 saturated heterocycles. The smallest absolute Gasteiger partial charge is 0.276 e. The fraction of sp³-hybridized carbons (Fsp3) is 0.409. The van der Waals surface area contributed by atoms with Gasteiger partial charge in [-0.2, -0.15) is 0 Å². The zero-order valence-corrected chi connectivity index (χ0v) is 15.9. The number of benzene rings is 1. The third-order valence-corrected chi connectivity index (χ3v) is 6.06. The van der Waals surface area contributed by atoms with Gasteiger partial charge in [0.15, 0.2) is 5.69 Å². The van der Waals surface area contributed by atoms with Crippen molar-refractivity contribution in [1.82, 2.24) is 14.8 Å². The monoisotopic (exact) mass is 379 g/mol. The number of pyridine rings is 1. The summed E-state index contributed by atoms with van der Waals surface area (Å²) >= 11 is 0. The highest BCUT2D eigenvalue weighted by Gasteiger charge is 2.42. The van der Waals surface area contributed by atoms with E-state index in [0.717, 1.165) is 31.4 Å². The second kappa shape index (κ2) is 7.62. The van der Waals surface area contributed by atoms with Gasteiger partial charge in [0.1, 0.15) is 5.75 Å². The van der Waals surface area contributed by atoms with Gasteiger partial charge in [0.05, 0.1) is 0 Å². The Morgan fingerprint density at radius 1 is 1.07 bits per heavy atom. The fourth-order valence-electron chi connectivity index (χ4n) is 4.35. The summed E-state index contributed by atoms with van der Waals surface area (Å²) in [7, 11) is 0. The maximum Gasteiger partial charge on any atom is 0.276 e. The Labute approximate surface area is 164 Å². The molecule has 2 aromatic rings. The minimum atomic E-state index is -0.221. The number of likely N-dealkylation sites (tertiary alicyclic amines) is 2. The zero-order valence-electron chi connectivity index (χ0n) is 15.9. The molecule has 0 atom stereocenters. The van der Waals surface area contributed by atoms with Crippen molar-refractivity contribution in [3.63, 3.8) is 0 Å². The van der Waals surface area contributed by atoms with E-state index in [9.17, 15) is 14.7 Å². The number of rotatable bonds is 3. The van der Waals surface area contributed by atoms with E-state index in [-0.39, 0.29) is 28.7 Å². The molecular formula is C22H25N3O3. The van der Waals surface area contributed by atoms with E-state index in [0.29, 0.717) is 26.1 Å². The number of carbonyl (C=O) groups excluding carboxylic acids is 2. The van der Waals surface area contributed by atoms with E-state index < -0.39 is 0 Å². The first-order valence-electron chi connectivity index (χ1n) is 9.81. The van der Waals surface area contributed by atoms with Crippen molar-refractivity contribution in [3.05, 3.63) is 59.9 Å². The number of hydrogen-bond donors (Lipinski definition) is 1. The average molecular weight is 379 g/mol. The standard InChI is InChI=1S/C22H25N3O3/c26-18-7-4-12-23-20(18)21(28)24-13-10-22(11-14-24)9-8-19(27)25(16-22)15-17-5-2-1-3-6-17/h1-7,12,26H,8-11,13-16H2. The van der Waals surface area contributed by atoms with Crippen LogP contribution in [0.25, 0.3) is 0 Å². The van der Waals surface area contributed by atoms with Gasteiger partial charge < -0.3 is 14.9 Å². The fourth-order valence-corrected chi connectivity index (χ4v) is 4.35. The van der Waals surface area contributed by atoms with Crippen LogP contribution in [-0.4, -0.2) is 51.3 Å². The molecule has 1 N–H and O–H groups in total. The molecule has 28 heavy (non-hydrogen) atoms. The lowest BCUT2D eigenvalue weighted by molar-refractivity contribution is -0.139. The first-order valence-corrected chi connectivity index (χ1v) is 9.81. The van der Waals surface area contributed by atoms with E-state index in [1.165, 1.54) is 12.3 Å². The molecule has 0 unspecified atom stereocenters. The van der Waals surface area contributed by atoms with Crippen LogP contribution in [0.4, 0.5) is 0 Å². The van der Waals surface area contributed by atoms with E-state index >= 15 is 0 Å². The Kier molecular flexibility index (Phi) is 5.03. The molecule has 2 aliphatic heterocycles. The van der Waals surface area contributed by atoms with Crippen LogP contribution >= 0.6 is 0 Å². The van der Waals surface area contributed by atoms with Gasteiger partial charge in [-0.3, -0.25) is 9.59 Å². The summed E-state index contributed by atoms with van der Waals surface area (Å²) in [4.78, 5) is 32.9. The molecule has 1 aromatic heterocycles. The zero-order chi connectivity index (χ0) is 19.6. The van der Waals surface area contributed by atoms with Crippen LogP contribution in [0.2, 0.25) is 0 Å². The van der Waals surface area contributed by atoms with E-state index in [1.54, 1.807) is 11.0 Å². The average Bonchev–Trinajstić information content (AvgIpc) is 2.72. The lowest BCUT2D eigenvalue weighted by atomic mass is 9.72. The van der Waals surface area contributed by atoms with Gasteiger partial charge in [0, 0.05) is 38.8 Å². The molecule has 6 heteroatoms. The van der Waals surface area contributed by atoms with Crippen molar-refractivity contribution >= 4 is 11.8 Å². The van der Waals surface area contributed by atoms with Crippen LogP contribution in [-0.2, 0) is 11.3 Å². The van der Waals surface area contributed by atoms with Gasteiger partial charge in [-0.15, -0.1) is 0 Å². The summed E-state index contributed by atoms with van der Waals surface area (Å²) in [5.41, 5.74) is 1.33. The maximum absolute atomic E-state index is 12.7. The van der Waals surface area contributed by atoms with Gasteiger partial charge in [-0.25, -0.2) is 4.98 Å². The number of piperidine rings is 2. The van der Waals surface area contributed by atoms with E-state index in [2.05, 4.69) is 17.1 Å². The molecule has 0 bridgehead atoms. The summed E-state index contributed by atoms with van der Waals surface area (Å²) in [5.74, 6) is -0.0857. The second-order valence-electron chi connectivity index (χ2n) is 7.90. The number of carbonyl (C=O) groups is 2. The van der Waals surface area contributed by atoms with Gasteiger partial charge in [-0.1, -0.05) is 30.3 Å². The lowest BCUT2D eigenvalue weighted by Gasteiger charge is -2.47. The highest BCUT2D eigenvalue weighted by Crippen LogP contribution is 2.41. The van der Waals surface area contributed by atoms with E-state index in [1.807, 2.05) is 23.1 Å². The molecule has 146 valence electrons. The van der Waals surface area contributed by atoms with Crippen LogP contribution in [0, 0.1) is 5.41 Å². The second-order valence-corrected chi connectivity index (χ2v) is 7.90. The Morgan fingerprint density at radius 2 is 1.82 bits per heavy atom. The molecule has 0 radical (unpaired) electrons. The third-order valence-electron chi connectivity index (χ3n) is 6.06. The third kappa shape index (κ3) is 3.72. The number of hydrogen-bond acceptors (Lipinski definition) is 4. The topological polar surface area (TPSA) is 73.7 Å². The predicted octanol–water partition coefficient (Wildman–Crippen LogP) is 2.83. The van der Waals surface area contributed by atoms with Crippen LogP contribution in [0.15, 0.2) is 48.7 Å². The van der Waals surface area contributed by atoms with Crippen molar-refractivity contribution in [2.24, 2.45) is 5.41 Å². The predicted molar refractivity (Wildman–Crippen MR) is 105 cm³/mol. The largest absolute Gasteiger partial charge is 0.505 e. The molecule has 4 rings (SSSR count). The molecule has 0 saturated carbocycles. The number of aromatic nitrogens is 1. The molecule has 1 spiro atoms. The summed E-state index contributed by atoms with van der Waals surface area (Å²) < 4.78 is 0. The van der Waals surface area contributed by atoms with Crippen molar-refractivity contribution in [2.45, 2.75) is 32.2 Å². The van der Waals surface area contributed by atoms with Gasteiger partial charge in [0.2, 0.25) is 5.91 Å². The highest BCUT2D eigenvalue weighted by molar-refractivity contribution is 5.94. The van der Waals surface area contributed by atoms with Crippen molar-refractivity contribution in [2.75, 3.05) is 19.6 Å². The summed E-state index contributed by atoms with van der Waals surface area (Å²) in [5, 5.41) is 9.90. The first-order chi connectivity index (χ1) is 13.6. The number of aromatic hydroxyl groups is 1. The molecule has 2 fully saturated rings. The first kappa shape index (κ1) is 18.5. The van der Waals surface area contributed by atoms with Crippen molar-refractivity contribution < 1.29 is 14.7 Å². The lowest BCUT2D eigenvalue weighted by Crippen LogP contribution is -2.52. The quantitative estimate of drug-likeness (QED) is 0.890. The molecule has 2 aliphatic rings. The summed E-state index contributed by atoms with van der Waals surface area (Å²) in [6.45, 7) is 2.65. The van der Waals surface area contributed by atoms with Crippen LogP contribution in [0.3, 0.4) is 0 Å². The normalized spacial score (nSPS) is 19.1. The maximum atomic E-state index is 12.7. The van der Waals surface area contributed by atoms with Gasteiger partial charge >= 0.3 is 0 Å². The Bertz CT molecular complexity index is 860. The Hall–Kier alpha value is -2.89. The Balaban J connectivity index is 1.41. The van der Waals surface area contributed by atoms with Crippen molar-refractivity contribution in [3.8, 4) is 5.75 Å². The molecule has 6 nitrogen and oxygen atoms in total. The number of amides is 2. The summed E-state index contributed by atoms with van der Waals surface area (Å²) in [6.07, 6.45) is 4.71. The SMILES string of the molecule is O=C1CCC2(CCN(C(=O)c3ncccc3O)CC2)CN1Cc1ccccc1. The van der Waals surface area contributed by atoms with Crippen LogP contribution in [0.5, 0.6) is 5.75 Å². The van der Waals surface area contributed by atoms with Crippen LogP contribution < -0.4 is 0 Å². The van der Waals surface area contributed by atoms with E-state index in [4.69, 9.17) is 0 Å². The molecule has 1 aromatic carbocycles. The molecule has 2 amide bonds. The summed E-state index contributed by atoms with van der Waals surface area (Å²) in [6, 6.07) is 13.2. The van der Waals surface area contributed by atoms with Crippen molar-refractivity contribution in [1.29, 1.82) is 0 Å². The van der Waals surface area contributed by atoms with Gasteiger partial charge in [-0.05, 0) is 42.4 Å². The Morgan fingerprint density at radius 3 is 2.54 bits per heavy atom. The molecule has 3 heterocycles. The van der Waals surface area contributed by atoms with Crippen LogP contribution in [0.1, 0.15) is 41.7 Å². The molecular weight excluding hydrogens is 354 g/mol. The minimum absolute atomic E-state index is 0.0750. The number of nitrogens with zero attached hydrogens (tertiary/aromatic N) is 3. The minimum Gasteiger partial charge on any atom is -0.505 e. The highest BCUT2D eigenvalue weighted by atomic mass is 16.3.